The normalized spacial score (nSPS) is 10.6. The first-order valence-electron chi connectivity index (χ1n) is 5.89. The molecule has 4 nitrogen and oxygen atoms in total. The van der Waals surface area contributed by atoms with Crippen LogP contribution in [0.2, 0.25) is 0 Å². The summed E-state index contributed by atoms with van der Waals surface area (Å²) >= 11 is 0. The average Bonchev–Trinajstić information content (AvgIpc) is 2.38. The van der Waals surface area contributed by atoms with Crippen molar-refractivity contribution in [3.8, 4) is 11.5 Å². The van der Waals surface area contributed by atoms with Gasteiger partial charge in [0.25, 0.3) is 0 Å². The molecule has 0 spiro atoms. The molecule has 1 aromatic carbocycles. The highest BCUT2D eigenvalue weighted by Crippen LogP contribution is 2.30. The molecule has 0 radical (unpaired) electrons. The van der Waals surface area contributed by atoms with Crippen molar-refractivity contribution in [2.75, 3.05) is 13.7 Å². The molecule has 0 saturated carbocycles. The second-order valence-corrected chi connectivity index (χ2v) is 3.75. The number of carbonyl (C=O) groups excluding carboxylic acids is 1. The standard InChI is InChI=1S/C14H18O4/c1-3-4-10-18-13(15)9-8-11-6-5-7-12(17-2)14(11)16/h5-9,16H,3-4,10H2,1-2H3/b9-8+. The number of methoxy groups -OCH3 is 1. The van der Waals surface area contributed by atoms with Crippen LogP contribution in [-0.2, 0) is 9.53 Å². The van der Waals surface area contributed by atoms with Crippen LogP contribution in [0.25, 0.3) is 6.08 Å². The summed E-state index contributed by atoms with van der Waals surface area (Å²) in [7, 11) is 1.47. The Morgan fingerprint density at radius 1 is 1.44 bits per heavy atom. The fourth-order valence-electron chi connectivity index (χ4n) is 1.36. The highest BCUT2D eigenvalue weighted by atomic mass is 16.5. The van der Waals surface area contributed by atoms with Crippen LogP contribution < -0.4 is 4.74 Å². The van der Waals surface area contributed by atoms with Crippen molar-refractivity contribution in [1.29, 1.82) is 0 Å². The van der Waals surface area contributed by atoms with Crippen LogP contribution >= 0.6 is 0 Å². The van der Waals surface area contributed by atoms with Gasteiger partial charge >= 0.3 is 5.97 Å². The number of ether oxygens (including phenoxy) is 2. The van der Waals surface area contributed by atoms with Crippen molar-refractivity contribution in [2.45, 2.75) is 19.8 Å². The van der Waals surface area contributed by atoms with Gasteiger partial charge in [0.2, 0.25) is 0 Å². The van der Waals surface area contributed by atoms with Crippen LogP contribution in [0.15, 0.2) is 24.3 Å². The highest BCUT2D eigenvalue weighted by molar-refractivity contribution is 5.87. The Kier molecular flexibility index (Phi) is 5.77. The summed E-state index contributed by atoms with van der Waals surface area (Å²) in [5.41, 5.74) is 0.516. The number of aromatic hydroxyl groups is 1. The van der Waals surface area contributed by atoms with Gasteiger partial charge in [-0.2, -0.15) is 0 Å². The third-order valence-corrected chi connectivity index (χ3v) is 2.39. The van der Waals surface area contributed by atoms with Gasteiger partial charge in [0, 0.05) is 11.6 Å². The van der Waals surface area contributed by atoms with E-state index in [0.717, 1.165) is 12.8 Å². The zero-order valence-corrected chi connectivity index (χ0v) is 10.7. The number of rotatable bonds is 6. The van der Waals surface area contributed by atoms with Crippen molar-refractivity contribution in [3.05, 3.63) is 29.8 Å². The first-order valence-corrected chi connectivity index (χ1v) is 5.89. The molecule has 1 rings (SSSR count). The van der Waals surface area contributed by atoms with Crippen molar-refractivity contribution in [2.24, 2.45) is 0 Å². The fourth-order valence-corrected chi connectivity index (χ4v) is 1.36. The Balaban J connectivity index is 2.64. The summed E-state index contributed by atoms with van der Waals surface area (Å²) in [4.78, 5) is 11.3. The molecule has 0 fully saturated rings. The van der Waals surface area contributed by atoms with E-state index in [2.05, 4.69) is 0 Å². The Labute approximate surface area is 107 Å². The van der Waals surface area contributed by atoms with E-state index in [1.165, 1.54) is 19.3 Å². The molecule has 0 aliphatic heterocycles. The van der Waals surface area contributed by atoms with Crippen molar-refractivity contribution in [3.63, 3.8) is 0 Å². The first kappa shape index (κ1) is 14.1. The average molecular weight is 250 g/mol. The second kappa shape index (κ2) is 7.37. The Bertz CT molecular complexity index is 424. The third-order valence-electron chi connectivity index (χ3n) is 2.39. The molecule has 0 aliphatic carbocycles. The molecule has 0 atom stereocenters. The summed E-state index contributed by atoms with van der Waals surface area (Å²) in [5, 5.41) is 9.79. The molecule has 0 aliphatic rings. The van der Waals surface area contributed by atoms with Gasteiger partial charge in [-0.25, -0.2) is 4.79 Å². The fraction of sp³-hybridized carbons (Fsp3) is 0.357. The number of para-hydroxylation sites is 1. The van der Waals surface area contributed by atoms with Crippen LogP contribution in [-0.4, -0.2) is 24.8 Å². The maximum atomic E-state index is 11.3. The van der Waals surface area contributed by atoms with E-state index >= 15 is 0 Å². The molecule has 4 heteroatoms. The summed E-state index contributed by atoms with van der Waals surface area (Å²) in [6.07, 6.45) is 4.63. The highest BCUT2D eigenvalue weighted by Gasteiger charge is 2.05. The lowest BCUT2D eigenvalue weighted by molar-refractivity contribution is -0.137. The molecule has 0 saturated heterocycles. The Morgan fingerprint density at radius 2 is 2.22 bits per heavy atom. The smallest absolute Gasteiger partial charge is 0.330 e. The molecule has 0 aromatic heterocycles. The number of benzene rings is 1. The SMILES string of the molecule is CCCCOC(=O)/C=C/c1cccc(OC)c1O. The number of unbranched alkanes of at least 4 members (excludes halogenated alkanes) is 1. The molecule has 0 amide bonds. The van der Waals surface area contributed by atoms with Crippen LogP contribution in [0, 0.1) is 0 Å². The van der Waals surface area contributed by atoms with E-state index in [0.29, 0.717) is 17.9 Å². The van der Waals surface area contributed by atoms with E-state index in [9.17, 15) is 9.90 Å². The third kappa shape index (κ3) is 4.13. The topological polar surface area (TPSA) is 55.8 Å². The summed E-state index contributed by atoms with van der Waals surface area (Å²) in [6.45, 7) is 2.45. The molecule has 0 unspecified atom stereocenters. The number of phenols is 1. The van der Waals surface area contributed by atoms with Gasteiger partial charge in [-0.1, -0.05) is 25.5 Å². The minimum atomic E-state index is -0.411. The van der Waals surface area contributed by atoms with Gasteiger partial charge < -0.3 is 14.6 Å². The van der Waals surface area contributed by atoms with Crippen LogP contribution in [0.4, 0.5) is 0 Å². The summed E-state index contributed by atoms with van der Waals surface area (Å²) in [5.74, 6) is -0.0280. The van der Waals surface area contributed by atoms with E-state index < -0.39 is 5.97 Å². The van der Waals surface area contributed by atoms with Gasteiger partial charge in [0.05, 0.1) is 13.7 Å². The van der Waals surface area contributed by atoms with E-state index in [-0.39, 0.29) is 5.75 Å². The maximum Gasteiger partial charge on any atom is 0.330 e. The molecule has 98 valence electrons. The number of hydrogen-bond donors (Lipinski definition) is 1. The van der Waals surface area contributed by atoms with Gasteiger partial charge in [-0.05, 0) is 18.6 Å². The maximum absolute atomic E-state index is 11.3. The Hall–Kier alpha value is -1.97. The van der Waals surface area contributed by atoms with Crippen LogP contribution in [0.3, 0.4) is 0 Å². The number of carbonyl (C=O) groups is 1. The molecular formula is C14H18O4. The zero-order valence-electron chi connectivity index (χ0n) is 10.7. The summed E-state index contributed by atoms with van der Waals surface area (Å²) < 4.78 is 9.93. The second-order valence-electron chi connectivity index (χ2n) is 3.75. The van der Waals surface area contributed by atoms with Gasteiger partial charge in [0.15, 0.2) is 11.5 Å². The predicted octanol–water partition coefficient (Wildman–Crippen LogP) is 2.76. The summed E-state index contributed by atoms with van der Waals surface area (Å²) in [6, 6.07) is 5.07. The zero-order chi connectivity index (χ0) is 13.4. The lowest BCUT2D eigenvalue weighted by Crippen LogP contribution is -2.01. The molecule has 18 heavy (non-hydrogen) atoms. The molecule has 0 bridgehead atoms. The lowest BCUT2D eigenvalue weighted by atomic mass is 10.1. The molecule has 1 aromatic rings. The first-order chi connectivity index (χ1) is 8.69. The van der Waals surface area contributed by atoms with Crippen molar-refractivity contribution >= 4 is 12.0 Å². The predicted molar refractivity (Wildman–Crippen MR) is 69.6 cm³/mol. The van der Waals surface area contributed by atoms with Crippen LogP contribution in [0.1, 0.15) is 25.3 Å². The molecule has 0 heterocycles. The van der Waals surface area contributed by atoms with Crippen LogP contribution in [0.5, 0.6) is 11.5 Å². The van der Waals surface area contributed by atoms with E-state index in [1.54, 1.807) is 18.2 Å². The minimum absolute atomic E-state index is 0.0117. The van der Waals surface area contributed by atoms with Gasteiger partial charge in [-0.15, -0.1) is 0 Å². The van der Waals surface area contributed by atoms with Crippen molar-refractivity contribution in [1.82, 2.24) is 0 Å². The van der Waals surface area contributed by atoms with Crippen molar-refractivity contribution < 1.29 is 19.4 Å². The number of esters is 1. The lowest BCUT2D eigenvalue weighted by Gasteiger charge is -2.05. The monoisotopic (exact) mass is 250 g/mol. The Morgan fingerprint density at radius 3 is 2.89 bits per heavy atom. The minimum Gasteiger partial charge on any atom is -0.504 e. The molecular weight excluding hydrogens is 232 g/mol. The van der Waals surface area contributed by atoms with E-state index in [4.69, 9.17) is 9.47 Å². The largest absolute Gasteiger partial charge is 0.504 e. The molecule has 1 N–H and O–H groups in total. The quantitative estimate of drug-likeness (QED) is 0.479. The van der Waals surface area contributed by atoms with Gasteiger partial charge in [-0.3, -0.25) is 0 Å². The number of phenolic OH excluding ortho intramolecular Hbond substituents is 1. The van der Waals surface area contributed by atoms with E-state index in [1.807, 2.05) is 6.92 Å². The van der Waals surface area contributed by atoms with Gasteiger partial charge in [0.1, 0.15) is 0 Å². The number of hydrogen-bond acceptors (Lipinski definition) is 4.